The number of carboxylic acids is 1. The number of hydroxylamine groups is 1. The highest BCUT2D eigenvalue weighted by atomic mass is 16.7. The molecule has 0 radical (unpaired) electrons. The largest absolute Gasteiger partial charge is 0.478 e. The smallest absolute Gasteiger partial charge is 0.336 e. The second-order valence-corrected chi connectivity index (χ2v) is 4.31. The third kappa shape index (κ3) is 2.87. The predicted octanol–water partition coefficient (Wildman–Crippen LogP) is 1.99. The van der Waals surface area contributed by atoms with Crippen molar-refractivity contribution in [2.45, 2.75) is 31.8 Å². The summed E-state index contributed by atoms with van der Waals surface area (Å²) in [6.45, 7) is 0. The van der Waals surface area contributed by atoms with Gasteiger partial charge in [0.1, 0.15) is 0 Å². The van der Waals surface area contributed by atoms with E-state index in [9.17, 15) is 9.59 Å². The lowest BCUT2D eigenvalue weighted by atomic mass is 10.1. The van der Waals surface area contributed by atoms with E-state index in [-0.39, 0.29) is 17.2 Å². The number of nitrogens with one attached hydrogen (secondary N) is 1. The lowest BCUT2D eigenvalue weighted by Crippen LogP contribution is -2.29. The quantitative estimate of drug-likeness (QED) is 0.800. The summed E-state index contributed by atoms with van der Waals surface area (Å²) in [7, 11) is 0. The van der Waals surface area contributed by atoms with Gasteiger partial charge in [-0.15, -0.1) is 0 Å². The van der Waals surface area contributed by atoms with Gasteiger partial charge in [-0.3, -0.25) is 9.63 Å². The topological polar surface area (TPSA) is 75.6 Å². The molecule has 0 atom stereocenters. The summed E-state index contributed by atoms with van der Waals surface area (Å²) in [6.07, 6.45) is 4.12. The number of carbonyl (C=O) groups excluding carboxylic acids is 1. The Bertz CT molecular complexity index is 452. The molecule has 1 aromatic rings. The minimum absolute atomic E-state index is 0.0231. The Hall–Kier alpha value is -1.88. The number of hydrogen-bond acceptors (Lipinski definition) is 3. The third-order valence-corrected chi connectivity index (χ3v) is 3.02. The molecular formula is C13H15NO4. The number of carboxylic acid groups (broad SMARTS) is 1. The fraction of sp³-hybridized carbons (Fsp3) is 0.385. The molecule has 5 nitrogen and oxygen atoms in total. The van der Waals surface area contributed by atoms with E-state index in [1.54, 1.807) is 12.1 Å². The summed E-state index contributed by atoms with van der Waals surface area (Å²) in [6, 6.07) is 6.07. The number of amides is 1. The number of carbonyl (C=O) groups is 2. The Morgan fingerprint density at radius 3 is 2.39 bits per heavy atom. The van der Waals surface area contributed by atoms with Gasteiger partial charge in [0.2, 0.25) is 0 Å². The third-order valence-electron chi connectivity index (χ3n) is 3.02. The second kappa shape index (κ2) is 5.64. The van der Waals surface area contributed by atoms with Crippen LogP contribution in [-0.4, -0.2) is 23.1 Å². The Balaban J connectivity index is 2.01. The van der Waals surface area contributed by atoms with Gasteiger partial charge in [0.05, 0.1) is 17.2 Å². The van der Waals surface area contributed by atoms with E-state index >= 15 is 0 Å². The van der Waals surface area contributed by atoms with Gasteiger partial charge in [0.15, 0.2) is 0 Å². The van der Waals surface area contributed by atoms with Crippen molar-refractivity contribution in [2.24, 2.45) is 0 Å². The second-order valence-electron chi connectivity index (χ2n) is 4.31. The monoisotopic (exact) mass is 249 g/mol. The summed E-state index contributed by atoms with van der Waals surface area (Å²) < 4.78 is 0. The maximum atomic E-state index is 11.8. The summed E-state index contributed by atoms with van der Waals surface area (Å²) >= 11 is 0. The van der Waals surface area contributed by atoms with Crippen molar-refractivity contribution < 1.29 is 19.5 Å². The zero-order valence-corrected chi connectivity index (χ0v) is 9.89. The number of rotatable bonds is 4. The molecular weight excluding hydrogens is 234 g/mol. The van der Waals surface area contributed by atoms with E-state index in [0.717, 1.165) is 25.7 Å². The fourth-order valence-corrected chi connectivity index (χ4v) is 2.07. The molecule has 96 valence electrons. The van der Waals surface area contributed by atoms with Crippen molar-refractivity contribution in [3.05, 3.63) is 35.4 Å². The Morgan fingerprint density at radius 2 is 1.78 bits per heavy atom. The summed E-state index contributed by atoms with van der Waals surface area (Å²) in [5.41, 5.74) is 2.42. The Morgan fingerprint density at radius 1 is 1.17 bits per heavy atom. The minimum atomic E-state index is -1.12. The standard InChI is InChI=1S/C13H15NO4/c15-12(14-18-9-5-1-2-6-9)10-7-3-4-8-11(10)13(16)17/h3-4,7-9H,1-2,5-6H2,(H,14,15)(H,16,17). The van der Waals surface area contributed by atoms with Gasteiger partial charge in [0, 0.05) is 0 Å². The van der Waals surface area contributed by atoms with Crippen molar-refractivity contribution >= 4 is 11.9 Å². The van der Waals surface area contributed by atoms with E-state index < -0.39 is 11.9 Å². The van der Waals surface area contributed by atoms with E-state index in [1.807, 2.05) is 0 Å². The van der Waals surface area contributed by atoms with E-state index in [0.29, 0.717) is 0 Å². The zero-order chi connectivity index (χ0) is 13.0. The van der Waals surface area contributed by atoms with Gasteiger partial charge in [-0.2, -0.15) is 0 Å². The minimum Gasteiger partial charge on any atom is -0.478 e. The first-order chi connectivity index (χ1) is 8.68. The van der Waals surface area contributed by atoms with Gasteiger partial charge in [0.25, 0.3) is 5.91 Å². The van der Waals surface area contributed by atoms with Gasteiger partial charge in [-0.05, 0) is 25.0 Å². The first kappa shape index (κ1) is 12.6. The van der Waals surface area contributed by atoms with Crippen LogP contribution in [0.3, 0.4) is 0 Å². The molecule has 0 bridgehead atoms. The fourth-order valence-electron chi connectivity index (χ4n) is 2.07. The molecule has 0 saturated heterocycles. The number of hydrogen-bond donors (Lipinski definition) is 2. The highest BCUT2D eigenvalue weighted by Gasteiger charge is 2.19. The van der Waals surface area contributed by atoms with E-state index in [2.05, 4.69) is 5.48 Å². The van der Waals surface area contributed by atoms with Crippen molar-refractivity contribution in [3.8, 4) is 0 Å². The first-order valence-electron chi connectivity index (χ1n) is 5.97. The molecule has 1 amide bonds. The average molecular weight is 249 g/mol. The van der Waals surface area contributed by atoms with Crippen molar-refractivity contribution in [2.75, 3.05) is 0 Å². The maximum Gasteiger partial charge on any atom is 0.336 e. The van der Waals surface area contributed by atoms with Crippen LogP contribution in [0.25, 0.3) is 0 Å². The van der Waals surface area contributed by atoms with Crippen LogP contribution in [0.5, 0.6) is 0 Å². The predicted molar refractivity (Wildman–Crippen MR) is 64.2 cm³/mol. The van der Waals surface area contributed by atoms with Crippen molar-refractivity contribution in [1.82, 2.24) is 5.48 Å². The summed E-state index contributed by atoms with van der Waals surface area (Å²) in [5, 5.41) is 8.97. The molecule has 2 N–H and O–H groups in total. The first-order valence-corrected chi connectivity index (χ1v) is 5.97. The lowest BCUT2D eigenvalue weighted by Gasteiger charge is -2.12. The van der Waals surface area contributed by atoms with Crippen LogP contribution in [0.1, 0.15) is 46.4 Å². The van der Waals surface area contributed by atoms with Crippen LogP contribution in [0.4, 0.5) is 0 Å². The van der Waals surface area contributed by atoms with Crippen LogP contribution in [0.2, 0.25) is 0 Å². The molecule has 1 aliphatic carbocycles. The van der Waals surface area contributed by atoms with E-state index in [1.165, 1.54) is 12.1 Å². The van der Waals surface area contributed by atoms with Crippen LogP contribution >= 0.6 is 0 Å². The van der Waals surface area contributed by atoms with E-state index in [4.69, 9.17) is 9.94 Å². The summed E-state index contributed by atoms with van der Waals surface area (Å²) in [4.78, 5) is 28.1. The molecule has 0 unspecified atom stereocenters. The molecule has 1 fully saturated rings. The normalized spacial score (nSPS) is 15.6. The molecule has 1 aromatic carbocycles. The highest BCUT2D eigenvalue weighted by Crippen LogP contribution is 2.20. The maximum absolute atomic E-state index is 11.8. The molecule has 1 saturated carbocycles. The molecule has 0 spiro atoms. The summed E-state index contributed by atoms with van der Waals surface area (Å²) in [5.74, 6) is -1.64. The molecule has 5 heteroatoms. The molecule has 0 aromatic heterocycles. The van der Waals surface area contributed by atoms with Crippen molar-refractivity contribution in [3.63, 3.8) is 0 Å². The molecule has 2 rings (SSSR count). The molecule has 1 aliphatic rings. The molecule has 0 aliphatic heterocycles. The van der Waals surface area contributed by atoms with Gasteiger partial charge >= 0.3 is 5.97 Å². The van der Waals surface area contributed by atoms with Crippen LogP contribution in [0, 0.1) is 0 Å². The number of benzene rings is 1. The van der Waals surface area contributed by atoms with Crippen LogP contribution in [0.15, 0.2) is 24.3 Å². The van der Waals surface area contributed by atoms with Gasteiger partial charge in [-0.25, -0.2) is 10.3 Å². The average Bonchev–Trinajstić information content (AvgIpc) is 2.89. The molecule has 0 heterocycles. The Labute approximate surface area is 105 Å². The van der Waals surface area contributed by atoms with Crippen molar-refractivity contribution in [1.29, 1.82) is 0 Å². The SMILES string of the molecule is O=C(O)c1ccccc1C(=O)NOC1CCCC1. The highest BCUT2D eigenvalue weighted by molar-refractivity contribution is 6.04. The van der Waals surface area contributed by atoms with Crippen LogP contribution in [-0.2, 0) is 4.84 Å². The van der Waals surface area contributed by atoms with Gasteiger partial charge < -0.3 is 5.11 Å². The molecule has 18 heavy (non-hydrogen) atoms. The van der Waals surface area contributed by atoms with Gasteiger partial charge in [-0.1, -0.05) is 25.0 Å². The number of aromatic carboxylic acids is 1. The Kier molecular flexibility index (Phi) is 3.94. The lowest BCUT2D eigenvalue weighted by molar-refractivity contribution is -0.0125. The zero-order valence-electron chi connectivity index (χ0n) is 9.89. The van der Waals surface area contributed by atoms with Crippen LogP contribution < -0.4 is 5.48 Å².